The van der Waals surface area contributed by atoms with E-state index >= 15 is 0 Å². The van der Waals surface area contributed by atoms with Crippen LogP contribution >= 0.6 is 24.0 Å². The first kappa shape index (κ1) is 20.4. The summed E-state index contributed by atoms with van der Waals surface area (Å²) < 4.78 is 0. The number of guanidine groups is 1. The van der Waals surface area contributed by atoms with Gasteiger partial charge in [0.05, 0.1) is 6.54 Å². The number of aliphatic imine (C=N–C) groups is 1. The monoisotopic (exact) mass is 491 g/mol. The highest BCUT2D eigenvalue weighted by Crippen LogP contribution is 2.19. The lowest BCUT2D eigenvalue weighted by molar-refractivity contribution is 0.378. The standard InChI is InChI=1S/C20H25N7.HI/c21-19(26-11-13-27(14-12-26)20-22-7-4-8-23-20)24-16-17-5-3-6-18(15-17)25-9-1-2-10-25;/h1-8,15H,9-14,16H2,(H2,21,24);1H. The molecule has 28 heavy (non-hydrogen) atoms. The number of benzene rings is 1. The molecule has 2 aliphatic rings. The van der Waals surface area contributed by atoms with Crippen LogP contribution in [0.2, 0.25) is 0 Å². The van der Waals surface area contributed by atoms with Crippen molar-refractivity contribution in [3.8, 4) is 0 Å². The highest BCUT2D eigenvalue weighted by atomic mass is 127. The van der Waals surface area contributed by atoms with Gasteiger partial charge in [-0.1, -0.05) is 24.3 Å². The largest absolute Gasteiger partial charge is 0.370 e. The number of piperazine rings is 1. The van der Waals surface area contributed by atoms with E-state index in [1.807, 2.05) is 6.07 Å². The quantitative estimate of drug-likeness (QED) is 0.306. The van der Waals surface area contributed by atoms with E-state index in [4.69, 9.17) is 5.73 Å². The summed E-state index contributed by atoms with van der Waals surface area (Å²) in [6.45, 7) is 5.90. The highest BCUT2D eigenvalue weighted by molar-refractivity contribution is 14.0. The van der Waals surface area contributed by atoms with Gasteiger partial charge in [-0.25, -0.2) is 15.0 Å². The van der Waals surface area contributed by atoms with Gasteiger partial charge in [0.15, 0.2) is 5.96 Å². The van der Waals surface area contributed by atoms with E-state index in [0.717, 1.165) is 45.2 Å². The smallest absolute Gasteiger partial charge is 0.225 e. The molecule has 1 aromatic heterocycles. The third kappa shape index (κ3) is 4.92. The molecule has 2 aliphatic heterocycles. The summed E-state index contributed by atoms with van der Waals surface area (Å²) in [5.74, 6) is 1.39. The van der Waals surface area contributed by atoms with Gasteiger partial charge < -0.3 is 20.4 Å². The first-order valence-corrected chi connectivity index (χ1v) is 9.35. The van der Waals surface area contributed by atoms with Crippen LogP contribution in [0.25, 0.3) is 0 Å². The Balaban J connectivity index is 0.00000225. The van der Waals surface area contributed by atoms with Crippen LogP contribution in [0.1, 0.15) is 5.56 Å². The second-order valence-corrected chi connectivity index (χ2v) is 6.74. The minimum Gasteiger partial charge on any atom is -0.370 e. The van der Waals surface area contributed by atoms with Crippen LogP contribution < -0.4 is 15.5 Å². The van der Waals surface area contributed by atoms with E-state index < -0.39 is 0 Å². The molecule has 0 bridgehead atoms. The third-order valence-electron chi connectivity index (χ3n) is 4.96. The van der Waals surface area contributed by atoms with Crippen LogP contribution in [-0.4, -0.2) is 60.1 Å². The molecule has 0 aliphatic carbocycles. The lowest BCUT2D eigenvalue weighted by Gasteiger charge is -2.35. The van der Waals surface area contributed by atoms with Gasteiger partial charge in [-0.15, -0.1) is 24.0 Å². The molecule has 148 valence electrons. The third-order valence-corrected chi connectivity index (χ3v) is 4.96. The van der Waals surface area contributed by atoms with E-state index in [1.165, 1.54) is 11.3 Å². The molecule has 1 saturated heterocycles. The first-order chi connectivity index (χ1) is 13.3. The molecular formula is C20H26IN7. The van der Waals surface area contributed by atoms with Gasteiger partial charge in [0.1, 0.15) is 0 Å². The molecule has 1 aromatic carbocycles. The molecular weight excluding hydrogens is 465 g/mol. The van der Waals surface area contributed by atoms with Gasteiger partial charge >= 0.3 is 0 Å². The van der Waals surface area contributed by atoms with E-state index in [2.05, 4.69) is 66.1 Å². The predicted octanol–water partition coefficient (Wildman–Crippen LogP) is 2.11. The molecule has 0 saturated carbocycles. The number of hydrogen-bond acceptors (Lipinski definition) is 5. The number of rotatable bonds is 4. The lowest BCUT2D eigenvalue weighted by atomic mass is 10.2. The predicted molar refractivity (Wildman–Crippen MR) is 124 cm³/mol. The number of aromatic nitrogens is 2. The normalized spacial score (nSPS) is 17.0. The summed E-state index contributed by atoms with van der Waals surface area (Å²) in [7, 11) is 0. The minimum atomic E-state index is 0. The number of halogens is 1. The number of nitrogens with zero attached hydrogens (tertiary/aromatic N) is 6. The van der Waals surface area contributed by atoms with Crippen LogP contribution in [-0.2, 0) is 6.54 Å². The molecule has 0 spiro atoms. The summed E-state index contributed by atoms with van der Waals surface area (Å²) in [5.41, 5.74) is 8.66. The fourth-order valence-corrected chi connectivity index (χ4v) is 3.40. The Morgan fingerprint density at radius 1 is 0.964 bits per heavy atom. The Morgan fingerprint density at radius 3 is 2.39 bits per heavy atom. The van der Waals surface area contributed by atoms with E-state index in [9.17, 15) is 0 Å². The van der Waals surface area contributed by atoms with Gasteiger partial charge in [0.25, 0.3) is 0 Å². The average Bonchev–Trinajstić information content (AvgIpc) is 3.28. The topological polar surface area (TPSA) is 73.9 Å². The molecule has 4 rings (SSSR count). The fraction of sp³-hybridized carbons (Fsp3) is 0.350. The Morgan fingerprint density at radius 2 is 1.68 bits per heavy atom. The van der Waals surface area contributed by atoms with Crippen LogP contribution in [0.15, 0.2) is 59.9 Å². The number of hydrogen-bond donors (Lipinski definition) is 1. The van der Waals surface area contributed by atoms with Gasteiger partial charge in [0.2, 0.25) is 5.95 Å². The van der Waals surface area contributed by atoms with Crippen molar-refractivity contribution in [2.75, 3.05) is 49.1 Å². The van der Waals surface area contributed by atoms with Crippen molar-refractivity contribution in [2.45, 2.75) is 6.54 Å². The maximum Gasteiger partial charge on any atom is 0.225 e. The molecule has 7 nitrogen and oxygen atoms in total. The van der Waals surface area contributed by atoms with Crippen molar-refractivity contribution in [3.05, 3.63) is 60.4 Å². The number of anilines is 2. The molecule has 0 atom stereocenters. The van der Waals surface area contributed by atoms with Gasteiger partial charge in [-0.2, -0.15) is 0 Å². The van der Waals surface area contributed by atoms with Crippen LogP contribution in [0.5, 0.6) is 0 Å². The van der Waals surface area contributed by atoms with Crippen molar-refractivity contribution in [1.82, 2.24) is 14.9 Å². The number of nitrogens with two attached hydrogens (primary N) is 1. The van der Waals surface area contributed by atoms with Crippen molar-refractivity contribution in [2.24, 2.45) is 10.7 Å². The molecule has 0 radical (unpaired) electrons. The average molecular weight is 491 g/mol. The Kier molecular flexibility index (Phi) is 7.07. The lowest BCUT2D eigenvalue weighted by Crippen LogP contribution is -2.51. The van der Waals surface area contributed by atoms with E-state index in [-0.39, 0.29) is 24.0 Å². The minimum absolute atomic E-state index is 0. The van der Waals surface area contributed by atoms with Gasteiger partial charge in [-0.05, 0) is 23.8 Å². The Labute approximate surface area is 183 Å². The van der Waals surface area contributed by atoms with Gasteiger partial charge in [-0.3, -0.25) is 0 Å². The molecule has 2 aromatic rings. The zero-order chi connectivity index (χ0) is 18.5. The van der Waals surface area contributed by atoms with Crippen LogP contribution in [0.3, 0.4) is 0 Å². The van der Waals surface area contributed by atoms with Crippen molar-refractivity contribution < 1.29 is 0 Å². The van der Waals surface area contributed by atoms with Crippen LogP contribution in [0, 0.1) is 0 Å². The SMILES string of the molecule is I.NC(=NCc1cccc(N2CC=CC2)c1)N1CCN(c2ncccn2)CC1. The molecule has 2 N–H and O–H groups in total. The Bertz CT molecular complexity index is 808. The molecule has 1 fully saturated rings. The second kappa shape index (κ2) is 9.72. The van der Waals surface area contributed by atoms with Gasteiger partial charge in [0, 0.05) is 57.3 Å². The maximum absolute atomic E-state index is 6.25. The molecule has 0 unspecified atom stereocenters. The molecule has 3 heterocycles. The van der Waals surface area contributed by atoms with E-state index in [1.54, 1.807) is 12.4 Å². The maximum atomic E-state index is 6.25. The van der Waals surface area contributed by atoms with Crippen molar-refractivity contribution in [3.63, 3.8) is 0 Å². The Hall–Kier alpha value is -2.36. The van der Waals surface area contributed by atoms with E-state index in [0.29, 0.717) is 12.5 Å². The summed E-state index contributed by atoms with van der Waals surface area (Å²) in [6.07, 6.45) is 7.94. The van der Waals surface area contributed by atoms with Crippen molar-refractivity contribution in [1.29, 1.82) is 0 Å². The summed E-state index contributed by atoms with van der Waals surface area (Å²) in [5, 5.41) is 0. The fourth-order valence-electron chi connectivity index (χ4n) is 3.40. The zero-order valence-electron chi connectivity index (χ0n) is 15.8. The first-order valence-electron chi connectivity index (χ1n) is 9.35. The highest BCUT2D eigenvalue weighted by Gasteiger charge is 2.19. The second-order valence-electron chi connectivity index (χ2n) is 6.74. The summed E-state index contributed by atoms with van der Waals surface area (Å²) in [6, 6.07) is 10.4. The zero-order valence-corrected chi connectivity index (χ0v) is 18.1. The van der Waals surface area contributed by atoms with Crippen molar-refractivity contribution >= 4 is 41.6 Å². The summed E-state index contributed by atoms with van der Waals surface area (Å²) >= 11 is 0. The molecule has 0 amide bonds. The summed E-state index contributed by atoms with van der Waals surface area (Å²) in [4.78, 5) is 19.9. The molecule has 8 heteroatoms. The van der Waals surface area contributed by atoms with Crippen LogP contribution in [0.4, 0.5) is 11.6 Å².